The van der Waals surface area contributed by atoms with Crippen molar-refractivity contribution < 1.29 is 13.9 Å². The minimum atomic E-state index is -1.18. The van der Waals surface area contributed by atoms with Crippen LogP contribution in [-0.2, 0) is 0 Å². The lowest BCUT2D eigenvalue weighted by Gasteiger charge is -2.12. The summed E-state index contributed by atoms with van der Waals surface area (Å²) in [5, 5.41) is 10.2. The summed E-state index contributed by atoms with van der Waals surface area (Å²) >= 11 is 5.84. The zero-order valence-electron chi connectivity index (χ0n) is 8.57. The second kappa shape index (κ2) is 4.77. The molecule has 1 aromatic carbocycles. The highest BCUT2D eigenvalue weighted by Gasteiger charge is 2.15. The minimum absolute atomic E-state index is 0.107. The van der Waals surface area contributed by atoms with Crippen LogP contribution in [0.15, 0.2) is 36.7 Å². The molecule has 2 nitrogen and oxygen atoms in total. The third kappa shape index (κ3) is 2.60. The zero-order chi connectivity index (χ0) is 12.4. The van der Waals surface area contributed by atoms with Gasteiger partial charge in [0.15, 0.2) is 0 Å². The lowest BCUT2D eigenvalue weighted by atomic mass is 10.0. The number of pyridine rings is 1. The molecule has 0 saturated carbocycles. The molecule has 0 bridgehead atoms. The van der Waals surface area contributed by atoms with Crippen molar-refractivity contribution in [1.82, 2.24) is 4.98 Å². The van der Waals surface area contributed by atoms with Gasteiger partial charge < -0.3 is 5.11 Å². The van der Waals surface area contributed by atoms with Gasteiger partial charge in [0.2, 0.25) is 0 Å². The Labute approximate surface area is 102 Å². The molecular weight excluding hydrogens is 248 g/mol. The van der Waals surface area contributed by atoms with E-state index in [0.717, 1.165) is 18.2 Å². The summed E-state index contributed by atoms with van der Waals surface area (Å²) in [6, 6.07) is 4.36. The van der Waals surface area contributed by atoms with Gasteiger partial charge in [-0.15, -0.1) is 0 Å². The van der Waals surface area contributed by atoms with E-state index < -0.39 is 17.7 Å². The van der Waals surface area contributed by atoms with Crippen LogP contribution in [0.25, 0.3) is 0 Å². The Morgan fingerprint density at radius 1 is 1.18 bits per heavy atom. The van der Waals surface area contributed by atoms with Crippen molar-refractivity contribution in [3.05, 3.63) is 64.4 Å². The SMILES string of the molecule is OC(c1cc(F)cc(F)c1)c1ccncc1Cl. The van der Waals surface area contributed by atoms with Crippen LogP contribution in [0.4, 0.5) is 8.78 Å². The van der Waals surface area contributed by atoms with Crippen LogP contribution in [0.3, 0.4) is 0 Å². The molecule has 1 unspecified atom stereocenters. The van der Waals surface area contributed by atoms with Crippen LogP contribution >= 0.6 is 11.6 Å². The smallest absolute Gasteiger partial charge is 0.126 e. The second-order valence-electron chi connectivity index (χ2n) is 3.50. The summed E-state index contributed by atoms with van der Waals surface area (Å²) in [6.07, 6.45) is 1.62. The normalized spacial score (nSPS) is 12.5. The highest BCUT2D eigenvalue weighted by Crippen LogP contribution is 2.28. The maximum absolute atomic E-state index is 13.0. The van der Waals surface area contributed by atoms with Gasteiger partial charge in [0.1, 0.15) is 17.7 Å². The van der Waals surface area contributed by atoms with Crippen LogP contribution in [0.5, 0.6) is 0 Å². The quantitative estimate of drug-likeness (QED) is 0.895. The first kappa shape index (κ1) is 12.0. The van der Waals surface area contributed by atoms with Crippen LogP contribution in [0.2, 0.25) is 5.02 Å². The van der Waals surface area contributed by atoms with Crippen LogP contribution in [-0.4, -0.2) is 10.1 Å². The molecule has 0 aliphatic carbocycles. The van der Waals surface area contributed by atoms with E-state index in [0.29, 0.717) is 5.56 Å². The van der Waals surface area contributed by atoms with Crippen molar-refractivity contribution in [3.63, 3.8) is 0 Å². The third-order valence-corrected chi connectivity index (χ3v) is 2.61. The molecule has 1 heterocycles. The predicted molar refractivity (Wildman–Crippen MR) is 59.7 cm³/mol. The van der Waals surface area contributed by atoms with Gasteiger partial charge in [0.25, 0.3) is 0 Å². The molecule has 1 N–H and O–H groups in total. The fourth-order valence-corrected chi connectivity index (χ4v) is 1.74. The Morgan fingerprint density at radius 2 is 1.82 bits per heavy atom. The van der Waals surface area contributed by atoms with Crippen LogP contribution < -0.4 is 0 Å². The van der Waals surface area contributed by atoms with Gasteiger partial charge in [0.05, 0.1) is 5.02 Å². The van der Waals surface area contributed by atoms with E-state index in [1.807, 2.05) is 0 Å². The Balaban J connectivity index is 2.43. The summed E-state index contributed by atoms with van der Waals surface area (Å²) in [5.74, 6) is -1.49. The zero-order valence-corrected chi connectivity index (χ0v) is 9.33. The van der Waals surface area contributed by atoms with E-state index >= 15 is 0 Å². The van der Waals surface area contributed by atoms with Crippen LogP contribution in [0.1, 0.15) is 17.2 Å². The lowest BCUT2D eigenvalue weighted by Crippen LogP contribution is -2.02. The van der Waals surface area contributed by atoms with Crippen molar-refractivity contribution in [2.24, 2.45) is 0 Å². The van der Waals surface area contributed by atoms with E-state index in [-0.39, 0.29) is 10.6 Å². The summed E-state index contributed by atoms with van der Waals surface area (Å²) in [5.41, 5.74) is 0.460. The monoisotopic (exact) mass is 255 g/mol. The third-order valence-electron chi connectivity index (χ3n) is 2.30. The average Bonchev–Trinajstić information content (AvgIpc) is 2.27. The molecule has 1 aromatic heterocycles. The van der Waals surface area contributed by atoms with Crippen molar-refractivity contribution in [1.29, 1.82) is 0 Å². The number of hydrogen-bond donors (Lipinski definition) is 1. The van der Waals surface area contributed by atoms with Gasteiger partial charge in [-0.1, -0.05) is 11.6 Å². The molecule has 17 heavy (non-hydrogen) atoms. The van der Waals surface area contributed by atoms with E-state index in [9.17, 15) is 13.9 Å². The molecule has 0 spiro atoms. The summed E-state index contributed by atoms with van der Waals surface area (Å²) in [4.78, 5) is 3.76. The maximum atomic E-state index is 13.0. The van der Waals surface area contributed by atoms with E-state index in [4.69, 9.17) is 11.6 Å². The highest BCUT2D eigenvalue weighted by molar-refractivity contribution is 6.31. The maximum Gasteiger partial charge on any atom is 0.126 e. The fourth-order valence-electron chi connectivity index (χ4n) is 1.52. The molecule has 0 aliphatic rings. The van der Waals surface area contributed by atoms with Crippen molar-refractivity contribution in [3.8, 4) is 0 Å². The van der Waals surface area contributed by atoms with Gasteiger partial charge in [-0.25, -0.2) is 8.78 Å². The van der Waals surface area contributed by atoms with Gasteiger partial charge in [-0.3, -0.25) is 4.98 Å². The summed E-state index contributed by atoms with van der Waals surface area (Å²) in [7, 11) is 0. The number of benzene rings is 1. The number of rotatable bonds is 2. The topological polar surface area (TPSA) is 33.1 Å². The number of nitrogens with zero attached hydrogens (tertiary/aromatic N) is 1. The highest BCUT2D eigenvalue weighted by atomic mass is 35.5. The van der Waals surface area contributed by atoms with Gasteiger partial charge in [0, 0.05) is 24.0 Å². The van der Waals surface area contributed by atoms with Gasteiger partial charge in [-0.05, 0) is 23.8 Å². The van der Waals surface area contributed by atoms with E-state index in [2.05, 4.69) is 4.98 Å². The predicted octanol–water partition coefficient (Wildman–Crippen LogP) is 3.09. The standard InChI is InChI=1S/C12H8ClF2NO/c13-11-6-16-2-1-10(11)12(17)7-3-8(14)5-9(15)4-7/h1-6,12,17H. The van der Waals surface area contributed by atoms with E-state index in [1.165, 1.54) is 18.5 Å². The summed E-state index contributed by atoms with van der Waals surface area (Å²) < 4.78 is 26.0. The molecule has 0 amide bonds. The lowest BCUT2D eigenvalue weighted by molar-refractivity contribution is 0.219. The molecule has 1 atom stereocenters. The van der Waals surface area contributed by atoms with Gasteiger partial charge in [-0.2, -0.15) is 0 Å². The Kier molecular flexibility index (Phi) is 3.36. The second-order valence-corrected chi connectivity index (χ2v) is 3.91. The van der Waals surface area contributed by atoms with Crippen molar-refractivity contribution in [2.45, 2.75) is 6.10 Å². The molecule has 5 heteroatoms. The Bertz CT molecular complexity index is 528. The number of hydrogen-bond acceptors (Lipinski definition) is 2. The van der Waals surface area contributed by atoms with Crippen LogP contribution in [0, 0.1) is 11.6 Å². The Morgan fingerprint density at radius 3 is 2.41 bits per heavy atom. The molecule has 0 fully saturated rings. The molecule has 0 aliphatic heterocycles. The fraction of sp³-hybridized carbons (Fsp3) is 0.0833. The minimum Gasteiger partial charge on any atom is -0.384 e. The molecule has 2 aromatic rings. The first-order chi connectivity index (χ1) is 8.08. The number of aliphatic hydroxyl groups excluding tert-OH is 1. The molecule has 0 saturated heterocycles. The first-order valence-electron chi connectivity index (χ1n) is 4.81. The average molecular weight is 256 g/mol. The summed E-state index contributed by atoms with van der Waals surface area (Å²) in [6.45, 7) is 0. The van der Waals surface area contributed by atoms with E-state index in [1.54, 1.807) is 0 Å². The molecule has 2 rings (SSSR count). The van der Waals surface area contributed by atoms with Crippen molar-refractivity contribution in [2.75, 3.05) is 0 Å². The number of aromatic nitrogens is 1. The number of aliphatic hydroxyl groups is 1. The van der Waals surface area contributed by atoms with Gasteiger partial charge >= 0.3 is 0 Å². The molecular formula is C12H8ClF2NO. The first-order valence-corrected chi connectivity index (χ1v) is 5.19. The Hall–Kier alpha value is -1.52. The largest absolute Gasteiger partial charge is 0.384 e. The molecule has 88 valence electrons. The molecule has 0 radical (unpaired) electrons. The van der Waals surface area contributed by atoms with Crippen molar-refractivity contribution >= 4 is 11.6 Å². The number of halogens is 3.